The molecule has 1 aliphatic heterocycles. The Morgan fingerprint density at radius 1 is 1.03 bits per heavy atom. The summed E-state index contributed by atoms with van der Waals surface area (Å²) in [5.74, 6) is 0.778. The lowest BCUT2D eigenvalue weighted by molar-refractivity contribution is 0.0744. The molecule has 4 rings (SSSR count). The van der Waals surface area contributed by atoms with E-state index in [1.54, 1.807) is 41.1 Å². The molecule has 0 unspecified atom stereocenters. The number of amides is 1. The van der Waals surface area contributed by atoms with E-state index in [1.165, 1.54) is 6.42 Å². The van der Waals surface area contributed by atoms with Gasteiger partial charge in [-0.2, -0.15) is 0 Å². The third-order valence-electron chi connectivity index (χ3n) is 5.05. The Kier molecular flexibility index (Phi) is 6.29. The van der Waals surface area contributed by atoms with Crippen LogP contribution in [-0.2, 0) is 0 Å². The molecule has 3 aromatic rings. The fourth-order valence-electron chi connectivity index (χ4n) is 3.57. The molecule has 1 amide bonds. The number of nitrogens with zero attached hydrogens (tertiary/aromatic N) is 4. The summed E-state index contributed by atoms with van der Waals surface area (Å²) in [5.41, 5.74) is 4.56. The van der Waals surface area contributed by atoms with Crippen molar-refractivity contribution in [2.24, 2.45) is 0 Å². The van der Waals surface area contributed by atoms with Crippen molar-refractivity contribution < 1.29 is 4.79 Å². The minimum atomic E-state index is -0.262. The Morgan fingerprint density at radius 3 is 2.47 bits per heavy atom. The van der Waals surface area contributed by atoms with Crippen LogP contribution in [-0.4, -0.2) is 38.5 Å². The highest BCUT2D eigenvalue weighted by Gasteiger charge is 2.25. The molecule has 2 aromatic heterocycles. The molecule has 1 saturated heterocycles. The highest BCUT2D eigenvalue weighted by Crippen LogP contribution is 2.33. The summed E-state index contributed by atoms with van der Waals surface area (Å²) in [7, 11) is 0. The fourth-order valence-corrected chi connectivity index (χ4v) is 4.21. The zero-order valence-electron chi connectivity index (χ0n) is 16.3. The molecule has 0 radical (unpaired) electrons. The van der Waals surface area contributed by atoms with Gasteiger partial charge in [-0.1, -0.05) is 41.2 Å². The molecule has 0 saturated carbocycles. The Hall–Kier alpha value is -2.12. The lowest BCUT2D eigenvalue weighted by Gasteiger charge is -2.26. The summed E-state index contributed by atoms with van der Waals surface area (Å²) >= 11 is 18.7. The van der Waals surface area contributed by atoms with Gasteiger partial charge in [-0.05, 0) is 44.0 Å². The number of benzene rings is 1. The van der Waals surface area contributed by atoms with Gasteiger partial charge in [0.15, 0.2) is 5.69 Å². The number of pyridine rings is 1. The summed E-state index contributed by atoms with van der Waals surface area (Å²) in [6, 6.07) is 8.56. The number of piperidine rings is 1. The topological polar surface area (TPSA) is 63.1 Å². The van der Waals surface area contributed by atoms with Gasteiger partial charge in [0, 0.05) is 41.0 Å². The molecule has 9 heteroatoms. The van der Waals surface area contributed by atoms with Crippen molar-refractivity contribution in [1.29, 1.82) is 0 Å². The van der Waals surface area contributed by atoms with E-state index in [4.69, 9.17) is 34.8 Å². The van der Waals surface area contributed by atoms with Gasteiger partial charge in [0.25, 0.3) is 5.91 Å². The van der Waals surface area contributed by atoms with Crippen LogP contribution in [0.5, 0.6) is 0 Å². The van der Waals surface area contributed by atoms with Gasteiger partial charge in [-0.25, -0.2) is 15.0 Å². The molecule has 30 heavy (non-hydrogen) atoms. The zero-order valence-corrected chi connectivity index (χ0v) is 18.6. The monoisotopic (exact) mass is 463 g/mol. The molecular weight excluding hydrogens is 445 g/mol. The smallest absolute Gasteiger partial charge is 0.283 e. The van der Waals surface area contributed by atoms with Crippen LogP contribution in [0.2, 0.25) is 15.1 Å². The average molecular weight is 465 g/mol. The Balaban J connectivity index is 1.81. The maximum Gasteiger partial charge on any atom is 0.286 e. The number of hydrazine groups is 1. The van der Waals surface area contributed by atoms with Crippen LogP contribution in [0.1, 0.15) is 35.4 Å². The van der Waals surface area contributed by atoms with Crippen molar-refractivity contribution in [1.82, 2.24) is 25.0 Å². The summed E-state index contributed by atoms with van der Waals surface area (Å²) in [5, 5.41) is 3.42. The molecule has 1 aliphatic rings. The van der Waals surface area contributed by atoms with Gasteiger partial charge in [0.2, 0.25) is 0 Å². The molecule has 0 spiro atoms. The maximum absolute atomic E-state index is 13.0. The lowest BCUT2D eigenvalue weighted by atomic mass is 10.2. The molecule has 1 fully saturated rings. The summed E-state index contributed by atoms with van der Waals surface area (Å²) in [4.78, 5) is 22.1. The predicted molar refractivity (Wildman–Crippen MR) is 119 cm³/mol. The quantitative estimate of drug-likeness (QED) is 0.566. The van der Waals surface area contributed by atoms with E-state index in [1.807, 2.05) is 11.9 Å². The summed E-state index contributed by atoms with van der Waals surface area (Å²) in [6.45, 7) is 3.49. The number of halogens is 3. The van der Waals surface area contributed by atoms with Gasteiger partial charge in [0.05, 0.1) is 10.7 Å². The van der Waals surface area contributed by atoms with Crippen LogP contribution in [0, 0.1) is 6.92 Å². The van der Waals surface area contributed by atoms with Crippen molar-refractivity contribution in [3.63, 3.8) is 0 Å². The molecular formula is C21H20Cl3N5O. The third kappa shape index (κ3) is 4.32. The number of rotatable bonds is 4. The van der Waals surface area contributed by atoms with Gasteiger partial charge >= 0.3 is 0 Å². The first-order valence-electron chi connectivity index (χ1n) is 9.66. The second-order valence-electron chi connectivity index (χ2n) is 7.15. The van der Waals surface area contributed by atoms with E-state index in [0.717, 1.165) is 25.9 Å². The zero-order chi connectivity index (χ0) is 21.3. The molecule has 6 nitrogen and oxygen atoms in total. The molecule has 0 bridgehead atoms. The summed E-state index contributed by atoms with van der Waals surface area (Å²) < 4.78 is 1.78. The molecule has 156 valence electrons. The van der Waals surface area contributed by atoms with Crippen LogP contribution in [0.25, 0.3) is 17.2 Å². The minimum absolute atomic E-state index is 0.262. The molecule has 0 aliphatic carbocycles. The fraction of sp³-hybridized carbons (Fsp3) is 0.286. The van der Waals surface area contributed by atoms with Gasteiger partial charge in [-0.15, -0.1) is 0 Å². The molecule has 1 N–H and O–H groups in total. The Labute approximate surface area is 189 Å². The normalized spacial score (nSPS) is 14.7. The van der Waals surface area contributed by atoms with Crippen molar-refractivity contribution >= 4 is 40.7 Å². The molecule has 3 heterocycles. The van der Waals surface area contributed by atoms with Crippen molar-refractivity contribution in [2.45, 2.75) is 26.2 Å². The first-order valence-corrected chi connectivity index (χ1v) is 10.8. The van der Waals surface area contributed by atoms with Crippen LogP contribution in [0.4, 0.5) is 0 Å². The number of nitrogens with one attached hydrogen (secondary N) is 1. The highest BCUT2D eigenvalue weighted by molar-refractivity contribution is 6.36. The summed E-state index contributed by atoms with van der Waals surface area (Å²) in [6.07, 6.45) is 4.91. The largest absolute Gasteiger partial charge is 0.286 e. The van der Waals surface area contributed by atoms with Crippen LogP contribution in [0.15, 0.2) is 36.5 Å². The van der Waals surface area contributed by atoms with E-state index in [2.05, 4.69) is 15.4 Å². The number of imidazole rings is 1. The maximum atomic E-state index is 13.0. The van der Waals surface area contributed by atoms with E-state index < -0.39 is 0 Å². The Morgan fingerprint density at radius 2 is 1.77 bits per heavy atom. The second kappa shape index (κ2) is 8.94. The third-order valence-corrected chi connectivity index (χ3v) is 5.83. The lowest BCUT2D eigenvalue weighted by Crippen LogP contribution is -2.45. The van der Waals surface area contributed by atoms with Crippen molar-refractivity contribution in [2.75, 3.05) is 13.1 Å². The van der Waals surface area contributed by atoms with Crippen molar-refractivity contribution in [3.05, 3.63) is 63.0 Å². The van der Waals surface area contributed by atoms with Gasteiger partial charge in [-0.3, -0.25) is 14.8 Å². The average Bonchev–Trinajstić information content (AvgIpc) is 3.06. The first-order chi connectivity index (χ1) is 14.4. The first kappa shape index (κ1) is 21.1. The van der Waals surface area contributed by atoms with Crippen LogP contribution < -0.4 is 5.43 Å². The van der Waals surface area contributed by atoms with E-state index >= 15 is 0 Å². The molecule has 1 aromatic carbocycles. The van der Waals surface area contributed by atoms with Crippen molar-refractivity contribution in [3.8, 4) is 17.2 Å². The Bertz CT molecular complexity index is 1090. The number of hydrogen-bond donors (Lipinski definition) is 1. The number of carbonyl (C=O) groups excluding carboxylic acids is 1. The number of carbonyl (C=O) groups is 1. The number of aromatic nitrogens is 3. The second-order valence-corrected chi connectivity index (χ2v) is 8.43. The standard InChI is InChI=1S/C21H20Cl3N5O/c1-13-19(21(30)27-28-9-3-2-4-10-28)26-20(16-6-5-14(22)11-17(16)24)29(13)18-12-15(23)7-8-25-18/h5-8,11-12H,2-4,9-10H2,1H3,(H,27,30). The van der Waals surface area contributed by atoms with Gasteiger partial charge < -0.3 is 0 Å². The van der Waals surface area contributed by atoms with E-state index in [9.17, 15) is 4.79 Å². The SMILES string of the molecule is Cc1c(C(=O)NN2CCCCC2)nc(-c2ccc(Cl)cc2Cl)n1-c1cc(Cl)ccn1. The van der Waals surface area contributed by atoms with E-state index in [-0.39, 0.29) is 5.91 Å². The molecule has 0 atom stereocenters. The highest BCUT2D eigenvalue weighted by atomic mass is 35.5. The minimum Gasteiger partial charge on any atom is -0.283 e. The predicted octanol–water partition coefficient (Wildman–Crippen LogP) is 5.33. The van der Waals surface area contributed by atoms with E-state index in [0.29, 0.717) is 43.7 Å². The van der Waals surface area contributed by atoms with Gasteiger partial charge in [0.1, 0.15) is 11.6 Å². The number of hydrogen-bond acceptors (Lipinski definition) is 4. The van der Waals surface area contributed by atoms with Crippen LogP contribution >= 0.6 is 34.8 Å². The van der Waals surface area contributed by atoms with Crippen LogP contribution in [0.3, 0.4) is 0 Å².